The molecule has 0 amide bonds. The minimum atomic E-state index is -1.01. The maximum absolute atomic E-state index is 13.5. The van der Waals surface area contributed by atoms with Gasteiger partial charge in [0.1, 0.15) is 0 Å². The van der Waals surface area contributed by atoms with Gasteiger partial charge in [-0.1, -0.05) is 26.0 Å². The average molecular weight is 292 g/mol. The van der Waals surface area contributed by atoms with E-state index in [1.165, 1.54) is 12.1 Å². The average Bonchev–Trinajstić information content (AvgIpc) is 2.45. The number of ether oxygens (including phenoxy) is 1. The summed E-state index contributed by atoms with van der Waals surface area (Å²) in [4.78, 5) is 4.09. The Kier molecular flexibility index (Phi) is 5.22. The van der Waals surface area contributed by atoms with Crippen molar-refractivity contribution in [3.8, 4) is 11.6 Å². The second-order valence-electron chi connectivity index (χ2n) is 5.18. The quantitative estimate of drug-likeness (QED) is 0.877. The first-order valence-electron chi connectivity index (χ1n) is 6.84. The van der Waals surface area contributed by atoms with Gasteiger partial charge in [-0.25, -0.2) is 9.37 Å². The molecule has 0 saturated heterocycles. The Bertz CT molecular complexity index is 585. The molecule has 112 valence electrons. The van der Waals surface area contributed by atoms with Crippen LogP contribution in [0.1, 0.15) is 19.4 Å². The summed E-state index contributed by atoms with van der Waals surface area (Å²) in [7, 11) is 0. The molecule has 0 bridgehead atoms. The van der Waals surface area contributed by atoms with Crippen LogP contribution in [-0.4, -0.2) is 11.5 Å². The molecule has 21 heavy (non-hydrogen) atoms. The van der Waals surface area contributed by atoms with Crippen molar-refractivity contribution >= 4 is 0 Å². The third-order valence-electron chi connectivity index (χ3n) is 2.81. The third kappa shape index (κ3) is 4.49. The Balaban J connectivity index is 1.97. The summed E-state index contributed by atoms with van der Waals surface area (Å²) in [5.74, 6) is -1.32. The lowest BCUT2D eigenvalue weighted by molar-refractivity contribution is 0.405. The van der Waals surface area contributed by atoms with Crippen molar-refractivity contribution in [2.45, 2.75) is 20.4 Å². The summed E-state index contributed by atoms with van der Waals surface area (Å²) >= 11 is 0. The summed E-state index contributed by atoms with van der Waals surface area (Å²) in [5.41, 5.74) is 1.00. The Hall–Kier alpha value is -2.01. The first kappa shape index (κ1) is 15.4. The highest BCUT2D eigenvalue weighted by Gasteiger charge is 2.10. The zero-order valence-electron chi connectivity index (χ0n) is 12.1. The van der Waals surface area contributed by atoms with E-state index in [1.807, 2.05) is 6.07 Å². The van der Waals surface area contributed by atoms with Gasteiger partial charge in [0, 0.05) is 18.8 Å². The van der Waals surface area contributed by atoms with Gasteiger partial charge in [-0.05, 0) is 30.2 Å². The van der Waals surface area contributed by atoms with Crippen LogP contribution in [0.25, 0.3) is 0 Å². The minimum Gasteiger partial charge on any atom is -0.436 e. The maximum atomic E-state index is 13.5. The minimum absolute atomic E-state index is 0.173. The molecule has 2 rings (SSSR count). The maximum Gasteiger partial charge on any atom is 0.219 e. The van der Waals surface area contributed by atoms with Crippen molar-refractivity contribution in [3.63, 3.8) is 0 Å². The third-order valence-corrected chi connectivity index (χ3v) is 2.81. The van der Waals surface area contributed by atoms with Crippen molar-refractivity contribution in [3.05, 3.63) is 53.7 Å². The number of halogens is 2. The molecule has 0 spiro atoms. The standard InChI is InChI=1S/C16H18F2N2O/c1-11(2)8-19-9-12-6-7-15(20-10-12)21-14-5-3-4-13(17)16(14)18/h3-7,10-11,19H,8-9H2,1-2H3. The van der Waals surface area contributed by atoms with Gasteiger partial charge in [-0.15, -0.1) is 0 Å². The molecule has 0 saturated carbocycles. The second-order valence-corrected chi connectivity index (χ2v) is 5.18. The second kappa shape index (κ2) is 7.13. The molecule has 0 aliphatic heterocycles. The van der Waals surface area contributed by atoms with Gasteiger partial charge in [-0.3, -0.25) is 0 Å². The number of pyridine rings is 1. The van der Waals surface area contributed by atoms with Crippen LogP contribution >= 0.6 is 0 Å². The number of benzene rings is 1. The van der Waals surface area contributed by atoms with Crippen LogP contribution in [0, 0.1) is 17.6 Å². The number of hydrogen-bond donors (Lipinski definition) is 1. The van der Waals surface area contributed by atoms with E-state index >= 15 is 0 Å². The summed E-state index contributed by atoms with van der Waals surface area (Å²) in [6.07, 6.45) is 1.65. The fraction of sp³-hybridized carbons (Fsp3) is 0.312. The highest BCUT2D eigenvalue weighted by Crippen LogP contribution is 2.24. The van der Waals surface area contributed by atoms with Crippen molar-refractivity contribution in [1.29, 1.82) is 0 Å². The molecule has 1 aromatic heterocycles. The molecule has 2 aromatic rings. The van der Waals surface area contributed by atoms with Gasteiger partial charge >= 0.3 is 0 Å². The van der Waals surface area contributed by atoms with Crippen molar-refractivity contribution in [1.82, 2.24) is 10.3 Å². The number of nitrogens with zero attached hydrogens (tertiary/aromatic N) is 1. The van der Waals surface area contributed by atoms with Crippen LogP contribution in [0.2, 0.25) is 0 Å². The van der Waals surface area contributed by atoms with Crippen molar-refractivity contribution in [2.75, 3.05) is 6.54 Å². The lowest BCUT2D eigenvalue weighted by atomic mass is 10.2. The number of hydrogen-bond acceptors (Lipinski definition) is 3. The molecule has 0 atom stereocenters. The van der Waals surface area contributed by atoms with Gasteiger partial charge in [0.05, 0.1) is 0 Å². The van der Waals surface area contributed by atoms with Crippen LogP contribution < -0.4 is 10.1 Å². The van der Waals surface area contributed by atoms with Crippen molar-refractivity contribution in [2.24, 2.45) is 5.92 Å². The van der Waals surface area contributed by atoms with Crippen LogP contribution in [0.3, 0.4) is 0 Å². The summed E-state index contributed by atoms with van der Waals surface area (Å²) < 4.78 is 31.8. The first-order chi connectivity index (χ1) is 10.1. The van der Waals surface area contributed by atoms with Gasteiger partial charge < -0.3 is 10.1 Å². The molecule has 1 N–H and O–H groups in total. The van der Waals surface area contributed by atoms with Gasteiger partial charge in [0.15, 0.2) is 11.6 Å². The van der Waals surface area contributed by atoms with Crippen molar-refractivity contribution < 1.29 is 13.5 Å². The van der Waals surface area contributed by atoms with E-state index in [9.17, 15) is 8.78 Å². The fourth-order valence-corrected chi connectivity index (χ4v) is 1.76. The van der Waals surface area contributed by atoms with Crippen LogP contribution in [-0.2, 0) is 6.54 Å². The molecule has 0 radical (unpaired) electrons. The monoisotopic (exact) mass is 292 g/mol. The molecular formula is C16H18F2N2O. The summed E-state index contributed by atoms with van der Waals surface area (Å²) in [6.45, 7) is 5.90. The predicted molar refractivity (Wildman–Crippen MR) is 77.2 cm³/mol. The molecule has 3 nitrogen and oxygen atoms in total. The van der Waals surface area contributed by atoms with E-state index in [0.29, 0.717) is 12.5 Å². The highest BCUT2D eigenvalue weighted by molar-refractivity contribution is 5.30. The SMILES string of the molecule is CC(C)CNCc1ccc(Oc2cccc(F)c2F)nc1. The first-order valence-corrected chi connectivity index (χ1v) is 6.84. The van der Waals surface area contributed by atoms with E-state index in [4.69, 9.17) is 4.74 Å². The largest absolute Gasteiger partial charge is 0.436 e. The number of nitrogens with one attached hydrogen (secondary N) is 1. The van der Waals surface area contributed by atoms with E-state index in [-0.39, 0.29) is 11.6 Å². The van der Waals surface area contributed by atoms with Crippen LogP contribution in [0.5, 0.6) is 11.6 Å². The van der Waals surface area contributed by atoms with E-state index in [2.05, 4.69) is 24.1 Å². The van der Waals surface area contributed by atoms with E-state index in [0.717, 1.165) is 18.2 Å². The van der Waals surface area contributed by atoms with E-state index in [1.54, 1.807) is 12.3 Å². The summed E-state index contributed by atoms with van der Waals surface area (Å²) in [6, 6.07) is 7.26. The van der Waals surface area contributed by atoms with Crippen LogP contribution in [0.15, 0.2) is 36.5 Å². The lowest BCUT2D eigenvalue weighted by Gasteiger charge is -2.09. The molecular weight excluding hydrogens is 274 g/mol. The smallest absolute Gasteiger partial charge is 0.219 e. The molecule has 1 aromatic carbocycles. The normalized spacial score (nSPS) is 10.9. The molecule has 1 heterocycles. The van der Waals surface area contributed by atoms with Gasteiger partial charge in [0.25, 0.3) is 0 Å². The van der Waals surface area contributed by atoms with Gasteiger partial charge in [0.2, 0.25) is 11.7 Å². The molecule has 5 heteroatoms. The Morgan fingerprint density at radius 2 is 2.00 bits per heavy atom. The molecule has 0 unspecified atom stereocenters. The predicted octanol–water partition coefficient (Wildman–Crippen LogP) is 3.90. The highest BCUT2D eigenvalue weighted by atomic mass is 19.2. The zero-order valence-corrected chi connectivity index (χ0v) is 12.1. The topological polar surface area (TPSA) is 34.1 Å². The zero-order chi connectivity index (χ0) is 15.2. The molecule has 0 aliphatic rings. The Morgan fingerprint density at radius 1 is 1.19 bits per heavy atom. The lowest BCUT2D eigenvalue weighted by Crippen LogP contribution is -2.18. The summed E-state index contributed by atoms with van der Waals surface area (Å²) in [5, 5.41) is 3.30. The number of rotatable bonds is 6. The fourth-order valence-electron chi connectivity index (χ4n) is 1.76. The Labute approximate surface area is 123 Å². The number of aromatic nitrogens is 1. The van der Waals surface area contributed by atoms with Crippen LogP contribution in [0.4, 0.5) is 8.78 Å². The molecule has 0 aliphatic carbocycles. The molecule has 0 fully saturated rings. The van der Waals surface area contributed by atoms with Gasteiger partial charge in [-0.2, -0.15) is 4.39 Å². The Morgan fingerprint density at radius 3 is 2.67 bits per heavy atom. The van der Waals surface area contributed by atoms with E-state index < -0.39 is 11.6 Å².